The van der Waals surface area contributed by atoms with Gasteiger partial charge in [-0.25, -0.2) is 9.13 Å². The summed E-state index contributed by atoms with van der Waals surface area (Å²) in [7, 11) is -9.92. The highest BCUT2D eigenvalue weighted by Crippen LogP contribution is 2.45. The van der Waals surface area contributed by atoms with Crippen LogP contribution in [0.2, 0.25) is 0 Å². The monoisotopic (exact) mass is 1420 g/mol. The van der Waals surface area contributed by atoms with Crippen LogP contribution in [-0.2, 0) is 65.4 Å². The van der Waals surface area contributed by atoms with E-state index in [9.17, 15) is 43.2 Å². The highest BCUT2D eigenvalue weighted by Gasteiger charge is 2.30. The number of carbonyl (C=O) groups excluding carboxylic acids is 4. The van der Waals surface area contributed by atoms with Crippen LogP contribution in [0.1, 0.15) is 402 Å². The first-order valence-corrected chi connectivity index (χ1v) is 43.4. The van der Waals surface area contributed by atoms with Gasteiger partial charge < -0.3 is 33.8 Å². The second-order valence-corrected chi connectivity index (χ2v) is 32.0. The summed E-state index contributed by atoms with van der Waals surface area (Å²) in [6.45, 7) is 11.9. The van der Waals surface area contributed by atoms with Gasteiger partial charge in [0, 0.05) is 25.7 Å². The predicted molar refractivity (Wildman–Crippen MR) is 395 cm³/mol. The van der Waals surface area contributed by atoms with Crippen molar-refractivity contribution in [1.29, 1.82) is 0 Å². The lowest BCUT2D eigenvalue weighted by molar-refractivity contribution is -0.161. The number of rotatable bonds is 76. The Bertz CT molecular complexity index is 1890. The Morgan fingerprint density at radius 1 is 0.299 bits per heavy atom. The molecule has 0 aromatic heterocycles. The second-order valence-electron chi connectivity index (χ2n) is 29.1. The molecule has 0 aliphatic carbocycles. The molecule has 0 aliphatic heterocycles. The third-order valence-corrected chi connectivity index (χ3v) is 20.8. The van der Waals surface area contributed by atoms with Gasteiger partial charge in [-0.05, 0) is 43.4 Å². The highest BCUT2D eigenvalue weighted by atomic mass is 31.2. The molecule has 0 heterocycles. The highest BCUT2D eigenvalue weighted by molar-refractivity contribution is 7.47. The summed E-state index contributed by atoms with van der Waals surface area (Å²) in [5, 5.41) is 10.6. The maximum absolute atomic E-state index is 13.1. The fourth-order valence-electron chi connectivity index (χ4n) is 11.9. The molecule has 3 N–H and O–H groups in total. The minimum absolute atomic E-state index is 0.105. The molecule has 0 radical (unpaired) electrons. The quantitative estimate of drug-likeness (QED) is 0.0222. The number of unbranched alkanes of at least 4 members (excludes halogenated alkanes) is 42. The number of ether oxygens (including phenoxy) is 4. The van der Waals surface area contributed by atoms with Crippen molar-refractivity contribution in [3.8, 4) is 0 Å². The predicted octanol–water partition coefficient (Wildman–Crippen LogP) is 23.0. The molecule has 0 spiro atoms. The van der Waals surface area contributed by atoms with Crippen molar-refractivity contribution in [3.05, 3.63) is 0 Å². The fraction of sp³-hybridized carbons (Fsp3) is 0.949. The molecule has 0 aromatic rings. The van der Waals surface area contributed by atoms with E-state index in [0.29, 0.717) is 31.6 Å². The Hall–Kier alpha value is -1.94. The molecule has 0 amide bonds. The topological polar surface area (TPSA) is 237 Å². The van der Waals surface area contributed by atoms with Gasteiger partial charge in [-0.15, -0.1) is 0 Å². The lowest BCUT2D eigenvalue weighted by atomic mass is 9.99. The summed E-state index contributed by atoms with van der Waals surface area (Å²) < 4.78 is 68.6. The number of hydrogen-bond acceptors (Lipinski definition) is 15. The van der Waals surface area contributed by atoms with Crippen LogP contribution in [0, 0.1) is 17.8 Å². The van der Waals surface area contributed by atoms with Gasteiger partial charge in [-0.3, -0.25) is 37.3 Å². The second kappa shape index (κ2) is 68.5. The zero-order valence-corrected chi connectivity index (χ0v) is 65.3. The van der Waals surface area contributed by atoms with Crippen molar-refractivity contribution in [2.45, 2.75) is 420 Å². The van der Waals surface area contributed by atoms with Crippen LogP contribution in [0.3, 0.4) is 0 Å². The maximum Gasteiger partial charge on any atom is 0.472 e. The number of esters is 4. The third-order valence-electron chi connectivity index (χ3n) is 18.9. The standard InChI is InChI=1S/C78H152O17P2/c1-8-11-12-13-14-15-16-17-18-19-23-26-32-37-45-52-59-75(80)88-65-73(94-77(82)61-54-47-38-33-27-24-21-20-22-25-30-35-43-50-57-70(6)9-2)67-92-96(84,85)90-63-72(79)64-91-97(86,87)93-68-74(66-89-76(81)60-53-46-41-40-42-49-56-69(4)5)95-78(83)62-55-48-39-34-29-28-31-36-44-51-58-71(7)10-3/h69-74,79H,8-68H2,1-7H3,(H,84,85)(H,86,87)/t70?,71?,72-,73-,74-/m1/s1. The van der Waals surface area contributed by atoms with E-state index in [2.05, 4.69) is 48.5 Å². The summed E-state index contributed by atoms with van der Waals surface area (Å²) in [4.78, 5) is 72.9. The third kappa shape index (κ3) is 69.5. The summed E-state index contributed by atoms with van der Waals surface area (Å²) >= 11 is 0. The Labute approximate surface area is 594 Å². The molecule has 19 heteroatoms. The van der Waals surface area contributed by atoms with E-state index in [1.54, 1.807) is 0 Å². The molecule has 7 atom stereocenters. The molecule has 576 valence electrons. The van der Waals surface area contributed by atoms with E-state index >= 15 is 0 Å². The zero-order valence-electron chi connectivity index (χ0n) is 63.5. The Morgan fingerprint density at radius 3 is 0.784 bits per heavy atom. The lowest BCUT2D eigenvalue weighted by Crippen LogP contribution is -2.30. The molecule has 0 saturated carbocycles. The van der Waals surface area contributed by atoms with E-state index in [1.165, 1.54) is 205 Å². The number of hydrogen-bond donors (Lipinski definition) is 3. The first-order chi connectivity index (χ1) is 46.8. The summed E-state index contributed by atoms with van der Waals surface area (Å²) in [5.41, 5.74) is 0. The van der Waals surface area contributed by atoms with Crippen LogP contribution in [0.25, 0.3) is 0 Å². The van der Waals surface area contributed by atoms with Crippen molar-refractivity contribution in [3.63, 3.8) is 0 Å². The van der Waals surface area contributed by atoms with E-state index in [-0.39, 0.29) is 25.7 Å². The van der Waals surface area contributed by atoms with Crippen molar-refractivity contribution < 1.29 is 80.2 Å². The van der Waals surface area contributed by atoms with Gasteiger partial charge in [0.2, 0.25) is 0 Å². The maximum atomic E-state index is 13.1. The van der Waals surface area contributed by atoms with Crippen molar-refractivity contribution >= 4 is 39.5 Å². The first kappa shape index (κ1) is 95.1. The Morgan fingerprint density at radius 2 is 0.526 bits per heavy atom. The Kier molecular flexibility index (Phi) is 67.1. The van der Waals surface area contributed by atoms with Gasteiger partial charge in [0.25, 0.3) is 0 Å². The van der Waals surface area contributed by atoms with Gasteiger partial charge >= 0.3 is 39.5 Å². The average Bonchev–Trinajstić information content (AvgIpc) is 1.58. The van der Waals surface area contributed by atoms with E-state index in [1.807, 2.05) is 0 Å². The molecule has 0 rings (SSSR count). The largest absolute Gasteiger partial charge is 0.472 e. The number of aliphatic hydroxyl groups is 1. The van der Waals surface area contributed by atoms with E-state index < -0.39 is 97.5 Å². The minimum atomic E-state index is -4.96. The van der Waals surface area contributed by atoms with E-state index in [4.69, 9.17) is 37.0 Å². The van der Waals surface area contributed by atoms with Crippen LogP contribution in [0.4, 0.5) is 0 Å². The van der Waals surface area contributed by atoms with Crippen LogP contribution in [0.15, 0.2) is 0 Å². The van der Waals surface area contributed by atoms with Crippen molar-refractivity contribution in [1.82, 2.24) is 0 Å². The Balaban J connectivity index is 5.24. The van der Waals surface area contributed by atoms with Crippen LogP contribution >= 0.6 is 15.6 Å². The van der Waals surface area contributed by atoms with Gasteiger partial charge in [0.1, 0.15) is 19.3 Å². The van der Waals surface area contributed by atoms with Gasteiger partial charge in [0.05, 0.1) is 26.4 Å². The number of aliphatic hydroxyl groups excluding tert-OH is 1. The normalized spacial score (nSPS) is 14.6. The summed E-state index contributed by atoms with van der Waals surface area (Å²) in [6.07, 6.45) is 55.5. The molecule has 0 saturated heterocycles. The van der Waals surface area contributed by atoms with Crippen LogP contribution in [-0.4, -0.2) is 96.7 Å². The van der Waals surface area contributed by atoms with E-state index in [0.717, 1.165) is 108 Å². The summed E-state index contributed by atoms with van der Waals surface area (Å²) in [6, 6.07) is 0. The minimum Gasteiger partial charge on any atom is -0.462 e. The molecular weight excluding hydrogens is 1270 g/mol. The molecule has 0 bridgehead atoms. The van der Waals surface area contributed by atoms with Crippen molar-refractivity contribution in [2.24, 2.45) is 17.8 Å². The van der Waals surface area contributed by atoms with Crippen LogP contribution in [0.5, 0.6) is 0 Å². The van der Waals surface area contributed by atoms with Gasteiger partial charge in [-0.2, -0.15) is 0 Å². The van der Waals surface area contributed by atoms with Crippen molar-refractivity contribution in [2.75, 3.05) is 39.6 Å². The molecule has 0 fully saturated rings. The lowest BCUT2D eigenvalue weighted by Gasteiger charge is -2.21. The smallest absolute Gasteiger partial charge is 0.462 e. The fourth-order valence-corrected chi connectivity index (χ4v) is 13.5. The van der Waals surface area contributed by atoms with Crippen LogP contribution < -0.4 is 0 Å². The number of carbonyl (C=O) groups is 4. The number of phosphoric ester groups is 2. The molecular formula is C78H152O17P2. The zero-order chi connectivity index (χ0) is 71.6. The van der Waals surface area contributed by atoms with Gasteiger partial charge in [-0.1, -0.05) is 350 Å². The molecule has 0 aliphatic rings. The number of phosphoric acid groups is 2. The molecule has 0 aromatic carbocycles. The molecule has 4 unspecified atom stereocenters. The molecule has 97 heavy (non-hydrogen) atoms. The first-order valence-electron chi connectivity index (χ1n) is 40.4. The SMILES string of the molecule is CCCCCCCCCCCCCCCCCCC(=O)OC[C@H](COP(=O)(O)OC[C@@H](O)COP(=O)(O)OC[C@@H](COC(=O)CCCCCCCCC(C)C)OC(=O)CCCCCCCCCCCCC(C)CC)OC(=O)CCCCCCCCCCCCCCCCC(C)CC. The summed E-state index contributed by atoms with van der Waals surface area (Å²) in [5.74, 6) is 0.212. The average molecular weight is 1420 g/mol. The van der Waals surface area contributed by atoms with Gasteiger partial charge in [0.15, 0.2) is 12.2 Å². The molecule has 17 nitrogen and oxygen atoms in total.